The zero-order valence-corrected chi connectivity index (χ0v) is 13.0. The van der Waals surface area contributed by atoms with E-state index in [-0.39, 0.29) is 0 Å². The summed E-state index contributed by atoms with van der Waals surface area (Å²) in [4.78, 5) is 6.83. The summed E-state index contributed by atoms with van der Waals surface area (Å²) in [6.07, 6.45) is 3.83. The van der Waals surface area contributed by atoms with Gasteiger partial charge in [-0.2, -0.15) is 0 Å². The van der Waals surface area contributed by atoms with Crippen LogP contribution in [0.5, 0.6) is 5.88 Å². The Labute approximate surface area is 122 Å². The van der Waals surface area contributed by atoms with Crippen molar-refractivity contribution in [1.29, 1.82) is 0 Å². The Morgan fingerprint density at radius 2 is 2.20 bits per heavy atom. The summed E-state index contributed by atoms with van der Waals surface area (Å²) in [5.41, 5.74) is 2.27. The van der Waals surface area contributed by atoms with Gasteiger partial charge in [-0.1, -0.05) is 6.92 Å². The van der Waals surface area contributed by atoms with Crippen LogP contribution in [0.25, 0.3) is 0 Å². The first-order valence-electron chi connectivity index (χ1n) is 7.70. The predicted octanol–water partition coefficient (Wildman–Crippen LogP) is 2.36. The van der Waals surface area contributed by atoms with E-state index < -0.39 is 0 Å². The van der Waals surface area contributed by atoms with Crippen LogP contribution in [0.4, 0.5) is 0 Å². The summed E-state index contributed by atoms with van der Waals surface area (Å²) in [5, 5.41) is 3.41. The second-order valence-corrected chi connectivity index (χ2v) is 5.69. The number of aromatic nitrogens is 1. The summed E-state index contributed by atoms with van der Waals surface area (Å²) in [6.45, 7) is 7.82. The first kappa shape index (κ1) is 15.3. The Kier molecular flexibility index (Phi) is 5.80. The number of nitrogens with one attached hydrogen (secondary N) is 1. The smallest absolute Gasteiger partial charge is 0.213 e. The summed E-state index contributed by atoms with van der Waals surface area (Å²) in [5.74, 6) is 0.752. The summed E-state index contributed by atoms with van der Waals surface area (Å²) >= 11 is 0. The van der Waals surface area contributed by atoms with E-state index in [2.05, 4.69) is 35.2 Å². The number of hydrogen-bond donors (Lipinski definition) is 1. The molecule has 4 nitrogen and oxygen atoms in total. The zero-order chi connectivity index (χ0) is 14.4. The molecule has 1 heterocycles. The quantitative estimate of drug-likeness (QED) is 0.703. The minimum Gasteiger partial charge on any atom is -0.476 e. The van der Waals surface area contributed by atoms with Crippen molar-refractivity contribution in [2.75, 3.05) is 26.7 Å². The molecule has 0 saturated heterocycles. The van der Waals surface area contributed by atoms with Crippen LogP contribution >= 0.6 is 0 Å². The van der Waals surface area contributed by atoms with Crippen LogP contribution < -0.4 is 10.1 Å². The topological polar surface area (TPSA) is 37.4 Å². The highest BCUT2D eigenvalue weighted by Gasteiger charge is 2.25. The number of rotatable bonds is 9. The lowest BCUT2D eigenvalue weighted by atomic mass is 10.2. The van der Waals surface area contributed by atoms with Crippen molar-refractivity contribution in [2.45, 2.75) is 45.7 Å². The maximum Gasteiger partial charge on any atom is 0.213 e. The van der Waals surface area contributed by atoms with Gasteiger partial charge >= 0.3 is 0 Å². The van der Waals surface area contributed by atoms with E-state index in [0.717, 1.165) is 43.7 Å². The Hall–Kier alpha value is -1.13. The molecule has 0 spiro atoms. The second kappa shape index (κ2) is 7.60. The standard InChI is InChI=1S/C16H27N3O/c1-4-7-17-12-14-10-13(2)18-16(11-14)20-9-8-19(3)15-5-6-15/h10-11,15,17H,4-9,12H2,1-3H3. The third-order valence-corrected chi connectivity index (χ3v) is 3.61. The molecule has 1 N–H and O–H groups in total. The fourth-order valence-corrected chi connectivity index (χ4v) is 2.28. The molecule has 0 amide bonds. The lowest BCUT2D eigenvalue weighted by Crippen LogP contribution is -2.26. The first-order chi connectivity index (χ1) is 9.69. The Morgan fingerprint density at radius 1 is 1.40 bits per heavy atom. The van der Waals surface area contributed by atoms with Crippen LogP contribution in [0.2, 0.25) is 0 Å². The van der Waals surface area contributed by atoms with Crippen LogP contribution in [0.1, 0.15) is 37.4 Å². The number of ether oxygens (including phenoxy) is 1. The van der Waals surface area contributed by atoms with Gasteiger partial charge in [-0.05, 0) is 51.4 Å². The molecule has 0 radical (unpaired) electrons. The third-order valence-electron chi connectivity index (χ3n) is 3.61. The van der Waals surface area contributed by atoms with Crippen molar-refractivity contribution >= 4 is 0 Å². The van der Waals surface area contributed by atoms with Crippen LogP contribution in [-0.4, -0.2) is 42.7 Å². The van der Waals surface area contributed by atoms with Crippen molar-refractivity contribution in [1.82, 2.24) is 15.2 Å². The van der Waals surface area contributed by atoms with Gasteiger partial charge in [0.1, 0.15) is 6.61 Å². The molecule has 1 aliphatic rings. The van der Waals surface area contributed by atoms with E-state index in [9.17, 15) is 0 Å². The monoisotopic (exact) mass is 277 g/mol. The maximum atomic E-state index is 5.80. The molecular weight excluding hydrogens is 250 g/mol. The molecule has 1 aliphatic carbocycles. The molecule has 0 unspecified atom stereocenters. The number of hydrogen-bond acceptors (Lipinski definition) is 4. The zero-order valence-electron chi connectivity index (χ0n) is 13.0. The van der Waals surface area contributed by atoms with Crippen LogP contribution in [0.15, 0.2) is 12.1 Å². The Morgan fingerprint density at radius 3 is 2.90 bits per heavy atom. The fraction of sp³-hybridized carbons (Fsp3) is 0.688. The highest BCUT2D eigenvalue weighted by atomic mass is 16.5. The summed E-state index contributed by atoms with van der Waals surface area (Å²) < 4.78 is 5.80. The average Bonchev–Trinajstić information content (AvgIpc) is 3.22. The van der Waals surface area contributed by atoms with Crippen molar-refractivity contribution in [3.8, 4) is 5.88 Å². The normalized spacial score (nSPS) is 14.8. The molecule has 1 saturated carbocycles. The van der Waals surface area contributed by atoms with E-state index >= 15 is 0 Å². The SMILES string of the molecule is CCCNCc1cc(C)nc(OCCN(C)C2CC2)c1. The lowest BCUT2D eigenvalue weighted by molar-refractivity contribution is 0.226. The Balaban J connectivity index is 1.80. The molecule has 2 rings (SSSR count). The number of aryl methyl sites for hydroxylation is 1. The molecule has 0 aromatic carbocycles. The van der Waals surface area contributed by atoms with Gasteiger partial charge in [-0.25, -0.2) is 4.98 Å². The van der Waals surface area contributed by atoms with E-state index in [1.54, 1.807) is 0 Å². The van der Waals surface area contributed by atoms with Crippen LogP contribution in [0.3, 0.4) is 0 Å². The third kappa shape index (κ3) is 5.10. The minimum atomic E-state index is 0.714. The fourth-order valence-electron chi connectivity index (χ4n) is 2.28. The van der Waals surface area contributed by atoms with E-state index in [1.807, 2.05) is 13.0 Å². The highest BCUT2D eigenvalue weighted by Crippen LogP contribution is 2.24. The molecule has 1 fully saturated rings. The highest BCUT2D eigenvalue weighted by molar-refractivity contribution is 5.24. The Bertz CT molecular complexity index is 418. The minimum absolute atomic E-state index is 0.714. The molecular formula is C16H27N3O. The molecule has 0 atom stereocenters. The molecule has 0 bridgehead atoms. The lowest BCUT2D eigenvalue weighted by Gasteiger charge is -2.16. The van der Waals surface area contributed by atoms with Gasteiger partial charge in [0.2, 0.25) is 5.88 Å². The molecule has 1 aromatic heterocycles. The van der Waals surface area contributed by atoms with Gasteiger partial charge in [-0.3, -0.25) is 0 Å². The number of pyridine rings is 1. The van der Waals surface area contributed by atoms with Crippen molar-refractivity contribution in [2.24, 2.45) is 0 Å². The molecule has 112 valence electrons. The second-order valence-electron chi connectivity index (χ2n) is 5.69. The predicted molar refractivity (Wildman–Crippen MR) is 82.1 cm³/mol. The maximum absolute atomic E-state index is 5.80. The van der Waals surface area contributed by atoms with Gasteiger partial charge in [0.25, 0.3) is 0 Å². The molecule has 0 aliphatic heterocycles. The average molecular weight is 277 g/mol. The van der Waals surface area contributed by atoms with E-state index in [0.29, 0.717) is 6.61 Å². The van der Waals surface area contributed by atoms with Gasteiger partial charge in [0.05, 0.1) is 0 Å². The molecule has 1 aromatic rings. The van der Waals surface area contributed by atoms with E-state index in [1.165, 1.54) is 18.4 Å². The van der Waals surface area contributed by atoms with Gasteiger partial charge in [0.15, 0.2) is 0 Å². The van der Waals surface area contributed by atoms with E-state index in [4.69, 9.17) is 4.74 Å². The van der Waals surface area contributed by atoms with Gasteiger partial charge in [-0.15, -0.1) is 0 Å². The van der Waals surface area contributed by atoms with Crippen molar-refractivity contribution in [3.05, 3.63) is 23.4 Å². The number of nitrogens with zero attached hydrogens (tertiary/aromatic N) is 2. The molecule has 20 heavy (non-hydrogen) atoms. The summed E-state index contributed by atoms with van der Waals surface area (Å²) in [6, 6.07) is 4.96. The summed E-state index contributed by atoms with van der Waals surface area (Å²) in [7, 11) is 2.17. The number of likely N-dealkylation sites (N-methyl/N-ethyl adjacent to an activating group) is 1. The van der Waals surface area contributed by atoms with Crippen molar-refractivity contribution < 1.29 is 4.74 Å². The van der Waals surface area contributed by atoms with Gasteiger partial charge < -0.3 is 15.0 Å². The van der Waals surface area contributed by atoms with Crippen molar-refractivity contribution in [3.63, 3.8) is 0 Å². The van der Waals surface area contributed by atoms with Gasteiger partial charge in [0, 0.05) is 30.9 Å². The van der Waals surface area contributed by atoms with Crippen LogP contribution in [-0.2, 0) is 6.54 Å². The largest absolute Gasteiger partial charge is 0.476 e. The first-order valence-corrected chi connectivity index (χ1v) is 7.70. The molecule has 4 heteroatoms. The van der Waals surface area contributed by atoms with Crippen LogP contribution in [0, 0.1) is 6.92 Å².